The lowest BCUT2D eigenvalue weighted by atomic mass is 10.0. The lowest BCUT2D eigenvalue weighted by Crippen LogP contribution is -2.15. The Morgan fingerprint density at radius 3 is 2.33 bits per heavy atom. The van der Waals surface area contributed by atoms with E-state index in [-0.39, 0.29) is 18.8 Å². The van der Waals surface area contributed by atoms with Crippen molar-refractivity contribution in [2.24, 2.45) is 0 Å². The van der Waals surface area contributed by atoms with Crippen molar-refractivity contribution >= 4 is 22.5 Å². The Hall–Kier alpha value is -2.94. The summed E-state index contributed by atoms with van der Waals surface area (Å²) in [5, 5.41) is 2.07. The number of Topliss-reactive ketones (excluding diaryl/α,β-unsaturated/α-hetero) is 1. The van der Waals surface area contributed by atoms with Gasteiger partial charge >= 0.3 is 5.97 Å². The Morgan fingerprint density at radius 2 is 1.58 bits per heavy atom. The first-order valence-electron chi connectivity index (χ1n) is 7.85. The summed E-state index contributed by atoms with van der Waals surface area (Å²) >= 11 is 0. The van der Waals surface area contributed by atoms with E-state index < -0.39 is 5.97 Å². The highest BCUT2D eigenvalue weighted by atomic mass is 16.5. The minimum absolute atomic E-state index is 0.172. The van der Waals surface area contributed by atoms with Crippen molar-refractivity contribution in [2.75, 3.05) is 6.61 Å². The summed E-state index contributed by atoms with van der Waals surface area (Å²) in [6.07, 6.45) is 0.172. The van der Waals surface area contributed by atoms with Gasteiger partial charge in [0.05, 0.1) is 6.42 Å². The number of aryl methyl sites for hydroxylation is 1. The maximum Gasteiger partial charge on any atom is 0.310 e. The van der Waals surface area contributed by atoms with E-state index in [4.69, 9.17) is 4.74 Å². The van der Waals surface area contributed by atoms with Crippen molar-refractivity contribution < 1.29 is 14.3 Å². The molecule has 0 saturated carbocycles. The van der Waals surface area contributed by atoms with Gasteiger partial charge in [-0.05, 0) is 29.3 Å². The van der Waals surface area contributed by atoms with Gasteiger partial charge in [0.2, 0.25) is 0 Å². The van der Waals surface area contributed by atoms with Gasteiger partial charge in [-0.15, -0.1) is 0 Å². The number of esters is 1. The zero-order valence-electron chi connectivity index (χ0n) is 13.5. The maximum absolute atomic E-state index is 12.2. The summed E-state index contributed by atoms with van der Waals surface area (Å²) in [4.78, 5) is 24.1. The molecule has 0 amide bonds. The molecule has 0 aliphatic carbocycles. The van der Waals surface area contributed by atoms with Gasteiger partial charge in [0.1, 0.15) is 0 Å². The molecule has 0 aliphatic heterocycles. The van der Waals surface area contributed by atoms with E-state index >= 15 is 0 Å². The number of ketones is 1. The molecule has 3 rings (SSSR count). The molecule has 0 unspecified atom stereocenters. The zero-order chi connectivity index (χ0) is 16.9. The lowest BCUT2D eigenvalue weighted by Gasteiger charge is -2.06. The topological polar surface area (TPSA) is 43.4 Å². The van der Waals surface area contributed by atoms with Crippen LogP contribution in [0.1, 0.15) is 21.5 Å². The molecule has 0 radical (unpaired) electrons. The first kappa shape index (κ1) is 15.9. The van der Waals surface area contributed by atoms with Gasteiger partial charge in [0, 0.05) is 5.56 Å². The fourth-order valence-electron chi connectivity index (χ4n) is 2.52. The van der Waals surface area contributed by atoms with Crippen LogP contribution in [0.5, 0.6) is 0 Å². The van der Waals surface area contributed by atoms with Crippen molar-refractivity contribution in [1.29, 1.82) is 0 Å². The maximum atomic E-state index is 12.2. The van der Waals surface area contributed by atoms with Crippen molar-refractivity contribution in [1.82, 2.24) is 0 Å². The third kappa shape index (κ3) is 3.87. The largest absolute Gasteiger partial charge is 0.457 e. The molecule has 120 valence electrons. The van der Waals surface area contributed by atoms with Crippen molar-refractivity contribution in [3.05, 3.63) is 83.4 Å². The highest BCUT2D eigenvalue weighted by Crippen LogP contribution is 2.16. The smallest absolute Gasteiger partial charge is 0.310 e. The van der Waals surface area contributed by atoms with Crippen LogP contribution in [0.25, 0.3) is 10.8 Å². The average Bonchev–Trinajstić information content (AvgIpc) is 2.61. The van der Waals surface area contributed by atoms with E-state index in [0.29, 0.717) is 5.56 Å². The van der Waals surface area contributed by atoms with Crippen LogP contribution in [0, 0.1) is 6.92 Å². The van der Waals surface area contributed by atoms with Gasteiger partial charge in [-0.25, -0.2) is 0 Å². The van der Waals surface area contributed by atoms with Crippen LogP contribution in [0.3, 0.4) is 0 Å². The van der Waals surface area contributed by atoms with Crippen LogP contribution >= 0.6 is 0 Å². The van der Waals surface area contributed by atoms with Gasteiger partial charge in [0.15, 0.2) is 12.4 Å². The second-order valence-corrected chi connectivity index (χ2v) is 5.81. The molecule has 0 saturated heterocycles. The Morgan fingerprint density at radius 1 is 0.875 bits per heavy atom. The Bertz CT molecular complexity index is 879. The fourth-order valence-corrected chi connectivity index (χ4v) is 2.52. The van der Waals surface area contributed by atoms with Gasteiger partial charge in [0.25, 0.3) is 0 Å². The third-order valence-electron chi connectivity index (χ3n) is 3.90. The summed E-state index contributed by atoms with van der Waals surface area (Å²) < 4.78 is 5.12. The number of carbonyl (C=O) groups excluding carboxylic acids is 2. The van der Waals surface area contributed by atoms with Crippen LogP contribution in [-0.2, 0) is 16.0 Å². The van der Waals surface area contributed by atoms with E-state index in [9.17, 15) is 9.59 Å². The van der Waals surface area contributed by atoms with Crippen molar-refractivity contribution in [3.8, 4) is 0 Å². The summed E-state index contributed by atoms with van der Waals surface area (Å²) in [6, 6.07) is 21.0. The molecular weight excluding hydrogens is 300 g/mol. The molecule has 0 atom stereocenters. The quantitative estimate of drug-likeness (QED) is 0.525. The van der Waals surface area contributed by atoms with E-state index in [1.54, 1.807) is 6.07 Å². The predicted molar refractivity (Wildman–Crippen MR) is 94.1 cm³/mol. The van der Waals surface area contributed by atoms with Crippen LogP contribution in [0.2, 0.25) is 0 Å². The van der Waals surface area contributed by atoms with Crippen molar-refractivity contribution in [2.45, 2.75) is 13.3 Å². The fraction of sp³-hybridized carbons (Fsp3) is 0.143. The Balaban J connectivity index is 1.59. The second kappa shape index (κ2) is 7.09. The minimum Gasteiger partial charge on any atom is -0.457 e. The van der Waals surface area contributed by atoms with Gasteiger partial charge in [-0.3, -0.25) is 9.59 Å². The molecule has 3 aromatic rings. The lowest BCUT2D eigenvalue weighted by molar-refractivity contribution is -0.141. The van der Waals surface area contributed by atoms with Gasteiger partial charge < -0.3 is 4.74 Å². The van der Waals surface area contributed by atoms with Gasteiger partial charge in [-0.2, -0.15) is 0 Å². The second-order valence-electron chi connectivity index (χ2n) is 5.81. The van der Waals surface area contributed by atoms with E-state index in [0.717, 1.165) is 21.9 Å². The number of fused-ring (bicyclic) bond motifs is 1. The normalized spacial score (nSPS) is 10.5. The molecule has 0 fully saturated rings. The van der Waals surface area contributed by atoms with Crippen LogP contribution in [-0.4, -0.2) is 18.4 Å². The summed E-state index contributed by atoms with van der Waals surface area (Å²) in [5.41, 5.74) is 2.57. The van der Waals surface area contributed by atoms with E-state index in [1.807, 2.05) is 67.6 Å². The molecule has 3 aromatic carbocycles. The number of hydrogen-bond acceptors (Lipinski definition) is 3. The molecule has 24 heavy (non-hydrogen) atoms. The first-order valence-corrected chi connectivity index (χ1v) is 7.85. The molecule has 0 spiro atoms. The standard InChI is InChI=1S/C21H18O3/c1-15-6-8-16(9-7-15)12-21(23)24-14-20(22)19-11-10-17-4-2-3-5-18(17)13-19/h2-11,13H,12,14H2,1H3. The Labute approximate surface area is 140 Å². The van der Waals surface area contributed by atoms with Gasteiger partial charge in [-0.1, -0.05) is 66.2 Å². The number of carbonyl (C=O) groups is 2. The highest BCUT2D eigenvalue weighted by Gasteiger charge is 2.11. The molecule has 0 aliphatic rings. The molecule has 3 nitrogen and oxygen atoms in total. The van der Waals surface area contributed by atoms with Crippen LogP contribution in [0.15, 0.2) is 66.7 Å². The number of ether oxygens (including phenoxy) is 1. The highest BCUT2D eigenvalue weighted by molar-refractivity contribution is 6.01. The molecular formula is C21H18O3. The Kier molecular flexibility index (Phi) is 4.71. The van der Waals surface area contributed by atoms with E-state index in [2.05, 4.69) is 0 Å². The third-order valence-corrected chi connectivity index (χ3v) is 3.90. The predicted octanol–water partition coefficient (Wildman–Crippen LogP) is 4.12. The zero-order valence-corrected chi connectivity index (χ0v) is 13.5. The number of rotatable bonds is 5. The summed E-state index contributed by atoms with van der Waals surface area (Å²) in [7, 11) is 0. The molecule has 0 bridgehead atoms. The number of benzene rings is 3. The summed E-state index contributed by atoms with van der Waals surface area (Å²) in [6.45, 7) is 1.76. The SMILES string of the molecule is Cc1ccc(CC(=O)OCC(=O)c2ccc3ccccc3c2)cc1. The molecule has 0 heterocycles. The molecule has 3 heteroatoms. The minimum atomic E-state index is -0.395. The van der Waals surface area contributed by atoms with Crippen LogP contribution < -0.4 is 0 Å². The molecule has 0 aromatic heterocycles. The van der Waals surface area contributed by atoms with Crippen LogP contribution in [0.4, 0.5) is 0 Å². The monoisotopic (exact) mass is 318 g/mol. The van der Waals surface area contributed by atoms with Crippen molar-refractivity contribution in [3.63, 3.8) is 0 Å². The summed E-state index contributed by atoms with van der Waals surface area (Å²) in [5.74, 6) is -0.592. The first-order chi connectivity index (χ1) is 11.6. The van der Waals surface area contributed by atoms with E-state index in [1.165, 1.54) is 0 Å². The molecule has 0 N–H and O–H groups in total. The average molecular weight is 318 g/mol. The number of hydrogen-bond donors (Lipinski definition) is 0.